The number of hydrogen-bond acceptors (Lipinski definition) is 3. The molecule has 86 valence electrons. The molecule has 0 spiro atoms. The fourth-order valence-electron chi connectivity index (χ4n) is 1.93. The van der Waals surface area contributed by atoms with Crippen molar-refractivity contribution < 1.29 is 9.18 Å². The third-order valence-electron chi connectivity index (χ3n) is 3.14. The zero-order valence-corrected chi connectivity index (χ0v) is 9.15. The molecular weight excluding hydrogens is 197 g/mol. The highest BCUT2D eigenvalue weighted by atomic mass is 19.1. The standard InChI is InChI=1S/C10H18FN3O/c1-12-2-4-13(5-3-12)8-10(15)14-6-9(11)7-14/h9H,2-8H2,1H3. The number of carbonyl (C=O) groups excluding carboxylic acids is 1. The van der Waals surface area contributed by atoms with Gasteiger partial charge in [-0.1, -0.05) is 0 Å². The van der Waals surface area contributed by atoms with Gasteiger partial charge in [0.2, 0.25) is 5.91 Å². The largest absolute Gasteiger partial charge is 0.336 e. The molecule has 4 nitrogen and oxygen atoms in total. The zero-order valence-electron chi connectivity index (χ0n) is 9.15. The van der Waals surface area contributed by atoms with E-state index in [2.05, 4.69) is 16.8 Å². The van der Waals surface area contributed by atoms with Crippen molar-refractivity contribution in [2.45, 2.75) is 6.17 Å². The summed E-state index contributed by atoms with van der Waals surface area (Å²) >= 11 is 0. The molecule has 2 heterocycles. The number of piperazine rings is 1. The molecule has 0 saturated carbocycles. The molecule has 2 saturated heterocycles. The first kappa shape index (κ1) is 10.8. The van der Waals surface area contributed by atoms with Crippen molar-refractivity contribution in [3.05, 3.63) is 0 Å². The van der Waals surface area contributed by atoms with Crippen molar-refractivity contribution in [3.8, 4) is 0 Å². The van der Waals surface area contributed by atoms with E-state index in [4.69, 9.17) is 0 Å². The molecule has 0 radical (unpaired) electrons. The molecule has 0 unspecified atom stereocenters. The van der Waals surface area contributed by atoms with Crippen LogP contribution in [0.4, 0.5) is 4.39 Å². The Balaban J connectivity index is 1.70. The van der Waals surface area contributed by atoms with Crippen molar-refractivity contribution in [2.24, 2.45) is 0 Å². The van der Waals surface area contributed by atoms with E-state index in [1.54, 1.807) is 4.90 Å². The summed E-state index contributed by atoms with van der Waals surface area (Å²) in [5, 5.41) is 0. The fourth-order valence-corrected chi connectivity index (χ4v) is 1.93. The van der Waals surface area contributed by atoms with Gasteiger partial charge in [-0.3, -0.25) is 9.69 Å². The second-order valence-corrected chi connectivity index (χ2v) is 4.48. The Labute approximate surface area is 89.6 Å². The van der Waals surface area contributed by atoms with Gasteiger partial charge in [0.1, 0.15) is 6.17 Å². The van der Waals surface area contributed by atoms with Crippen molar-refractivity contribution in [1.29, 1.82) is 0 Å². The Bertz CT molecular complexity index is 235. The van der Waals surface area contributed by atoms with Gasteiger partial charge in [0.25, 0.3) is 0 Å². The Kier molecular flexibility index (Phi) is 3.21. The van der Waals surface area contributed by atoms with E-state index >= 15 is 0 Å². The second kappa shape index (κ2) is 4.45. The minimum atomic E-state index is -0.790. The number of likely N-dealkylation sites (N-methyl/N-ethyl adjacent to an activating group) is 1. The van der Waals surface area contributed by atoms with E-state index in [1.165, 1.54) is 0 Å². The summed E-state index contributed by atoms with van der Waals surface area (Å²) in [5.74, 6) is 0.0773. The number of halogens is 1. The topological polar surface area (TPSA) is 26.8 Å². The lowest BCUT2D eigenvalue weighted by Gasteiger charge is -2.37. The van der Waals surface area contributed by atoms with Crippen LogP contribution in [0.2, 0.25) is 0 Å². The van der Waals surface area contributed by atoms with Crippen LogP contribution in [-0.2, 0) is 4.79 Å². The number of likely N-dealkylation sites (tertiary alicyclic amines) is 1. The minimum absolute atomic E-state index is 0.0773. The highest BCUT2D eigenvalue weighted by Crippen LogP contribution is 2.11. The summed E-state index contributed by atoms with van der Waals surface area (Å²) < 4.78 is 12.5. The van der Waals surface area contributed by atoms with Gasteiger partial charge < -0.3 is 9.80 Å². The highest BCUT2D eigenvalue weighted by Gasteiger charge is 2.31. The lowest BCUT2D eigenvalue weighted by Crippen LogP contribution is -2.56. The maximum atomic E-state index is 12.5. The van der Waals surface area contributed by atoms with Gasteiger partial charge in [-0.25, -0.2) is 4.39 Å². The highest BCUT2D eigenvalue weighted by molar-refractivity contribution is 5.79. The number of alkyl halides is 1. The molecule has 0 atom stereocenters. The van der Waals surface area contributed by atoms with Gasteiger partial charge >= 0.3 is 0 Å². The third-order valence-corrected chi connectivity index (χ3v) is 3.14. The fraction of sp³-hybridized carbons (Fsp3) is 0.900. The molecule has 0 aliphatic carbocycles. The van der Waals surface area contributed by atoms with E-state index < -0.39 is 6.17 Å². The molecule has 2 aliphatic heterocycles. The summed E-state index contributed by atoms with van der Waals surface area (Å²) in [7, 11) is 2.09. The molecule has 15 heavy (non-hydrogen) atoms. The maximum Gasteiger partial charge on any atom is 0.236 e. The smallest absolute Gasteiger partial charge is 0.236 e. The van der Waals surface area contributed by atoms with Gasteiger partial charge in [-0.2, -0.15) is 0 Å². The second-order valence-electron chi connectivity index (χ2n) is 4.48. The van der Waals surface area contributed by atoms with Crippen molar-refractivity contribution >= 4 is 5.91 Å². The predicted molar refractivity (Wildman–Crippen MR) is 55.4 cm³/mol. The zero-order chi connectivity index (χ0) is 10.8. The van der Waals surface area contributed by atoms with E-state index in [1.807, 2.05) is 0 Å². The maximum absolute atomic E-state index is 12.5. The summed E-state index contributed by atoms with van der Waals surface area (Å²) in [6.07, 6.45) is -0.790. The molecule has 0 N–H and O–H groups in total. The molecule has 2 fully saturated rings. The molecule has 2 aliphatic rings. The van der Waals surface area contributed by atoms with Crippen molar-refractivity contribution in [2.75, 3.05) is 52.9 Å². The average Bonchev–Trinajstić information content (AvgIpc) is 2.17. The van der Waals surface area contributed by atoms with Gasteiger partial charge in [-0.05, 0) is 7.05 Å². The molecular formula is C10H18FN3O. The first-order chi connectivity index (χ1) is 7.15. The first-order valence-electron chi connectivity index (χ1n) is 5.48. The number of carbonyl (C=O) groups is 1. The van der Waals surface area contributed by atoms with Crippen LogP contribution in [0.25, 0.3) is 0 Å². The van der Waals surface area contributed by atoms with Crippen molar-refractivity contribution in [3.63, 3.8) is 0 Å². The number of nitrogens with zero attached hydrogens (tertiary/aromatic N) is 3. The quantitative estimate of drug-likeness (QED) is 0.616. The van der Waals surface area contributed by atoms with Gasteiger partial charge in [0.05, 0.1) is 19.6 Å². The third kappa shape index (κ3) is 2.66. The predicted octanol–water partition coefficient (Wildman–Crippen LogP) is -0.586. The lowest BCUT2D eigenvalue weighted by molar-refractivity contribution is -0.139. The van der Waals surface area contributed by atoms with Gasteiger partial charge in [-0.15, -0.1) is 0 Å². The summed E-state index contributed by atoms with van der Waals surface area (Å²) in [6.45, 7) is 4.96. The van der Waals surface area contributed by atoms with E-state index in [-0.39, 0.29) is 5.91 Å². The number of hydrogen-bond donors (Lipinski definition) is 0. The molecule has 5 heteroatoms. The van der Waals surface area contributed by atoms with Gasteiger partial charge in [0, 0.05) is 26.2 Å². The molecule has 0 bridgehead atoms. The normalized spacial score (nSPS) is 25.3. The van der Waals surface area contributed by atoms with Crippen LogP contribution in [0.3, 0.4) is 0 Å². The monoisotopic (exact) mass is 215 g/mol. The molecule has 0 aromatic carbocycles. The van der Waals surface area contributed by atoms with Crippen LogP contribution in [0.15, 0.2) is 0 Å². The Morgan fingerprint density at radius 3 is 2.40 bits per heavy atom. The Morgan fingerprint density at radius 1 is 1.27 bits per heavy atom. The van der Waals surface area contributed by atoms with Crippen LogP contribution < -0.4 is 0 Å². The number of amides is 1. The van der Waals surface area contributed by atoms with Crippen LogP contribution in [0, 0.1) is 0 Å². The summed E-state index contributed by atoms with van der Waals surface area (Å²) in [6, 6.07) is 0. The van der Waals surface area contributed by atoms with Crippen LogP contribution >= 0.6 is 0 Å². The molecule has 0 aromatic heterocycles. The Hall–Kier alpha value is -0.680. The van der Waals surface area contributed by atoms with E-state index in [9.17, 15) is 9.18 Å². The van der Waals surface area contributed by atoms with E-state index in [0.29, 0.717) is 19.6 Å². The van der Waals surface area contributed by atoms with E-state index in [0.717, 1.165) is 26.2 Å². The van der Waals surface area contributed by atoms with Crippen molar-refractivity contribution in [1.82, 2.24) is 14.7 Å². The SMILES string of the molecule is CN1CCN(CC(=O)N2CC(F)C2)CC1. The van der Waals surface area contributed by atoms with Gasteiger partial charge in [0.15, 0.2) is 0 Å². The Morgan fingerprint density at radius 2 is 1.87 bits per heavy atom. The first-order valence-corrected chi connectivity index (χ1v) is 5.48. The van der Waals surface area contributed by atoms with Crippen LogP contribution in [0.5, 0.6) is 0 Å². The number of rotatable bonds is 2. The summed E-state index contributed by atoms with van der Waals surface area (Å²) in [4.78, 5) is 17.6. The summed E-state index contributed by atoms with van der Waals surface area (Å²) in [5.41, 5.74) is 0. The molecule has 1 amide bonds. The molecule has 0 aromatic rings. The minimum Gasteiger partial charge on any atom is -0.336 e. The molecule has 2 rings (SSSR count). The van der Waals surface area contributed by atoms with Crippen LogP contribution in [-0.4, -0.2) is 79.6 Å². The van der Waals surface area contributed by atoms with Crippen LogP contribution in [0.1, 0.15) is 0 Å². The average molecular weight is 215 g/mol. The lowest BCUT2D eigenvalue weighted by atomic mass is 10.2.